The van der Waals surface area contributed by atoms with Crippen molar-refractivity contribution in [3.63, 3.8) is 0 Å². The average molecular weight is 392 g/mol. The largest absolute Gasteiger partial charge is 0.393 e. The molecule has 4 rings (SSSR count). The van der Waals surface area contributed by atoms with E-state index in [4.69, 9.17) is 17.3 Å². The molecule has 0 radical (unpaired) electrons. The van der Waals surface area contributed by atoms with Crippen LogP contribution in [0.3, 0.4) is 0 Å². The topological polar surface area (TPSA) is 88.2 Å². The number of halogens is 1. The van der Waals surface area contributed by atoms with E-state index < -0.39 is 0 Å². The molecule has 1 saturated carbocycles. The van der Waals surface area contributed by atoms with Crippen molar-refractivity contribution in [1.29, 1.82) is 0 Å². The quantitative estimate of drug-likeness (QED) is 0.828. The van der Waals surface area contributed by atoms with Crippen LogP contribution >= 0.6 is 23.4 Å². The number of nitrogen functional groups attached to an aromatic ring is 1. The zero-order valence-corrected chi connectivity index (χ0v) is 16.0. The van der Waals surface area contributed by atoms with Gasteiger partial charge in [-0.1, -0.05) is 23.4 Å². The molecule has 2 aromatic rings. The Morgan fingerprint density at radius 2 is 2.00 bits per heavy atom. The molecule has 0 aromatic carbocycles. The number of anilines is 2. The fourth-order valence-electron chi connectivity index (χ4n) is 4.00. The van der Waals surface area contributed by atoms with Crippen molar-refractivity contribution in [2.75, 3.05) is 23.7 Å². The fourth-order valence-corrected chi connectivity index (χ4v) is 4.99. The number of piperidine rings is 1. The van der Waals surface area contributed by atoms with E-state index in [0.29, 0.717) is 16.3 Å². The number of aromatic nitrogens is 3. The second-order valence-electron chi connectivity index (χ2n) is 7.21. The van der Waals surface area contributed by atoms with Crippen molar-refractivity contribution >= 4 is 35.0 Å². The van der Waals surface area contributed by atoms with Crippen molar-refractivity contribution in [2.24, 2.45) is 5.41 Å². The van der Waals surface area contributed by atoms with Crippen molar-refractivity contribution in [2.45, 2.75) is 48.1 Å². The maximum Gasteiger partial charge on any atom is 0.147 e. The molecule has 1 saturated heterocycles. The summed E-state index contributed by atoms with van der Waals surface area (Å²) in [6.45, 7) is 1.95. The van der Waals surface area contributed by atoms with Crippen molar-refractivity contribution in [3.8, 4) is 0 Å². The maximum absolute atomic E-state index is 9.86. The average Bonchev–Trinajstić information content (AvgIpc) is 3.01. The Morgan fingerprint density at radius 3 is 2.65 bits per heavy atom. The molecule has 2 aliphatic rings. The van der Waals surface area contributed by atoms with Crippen molar-refractivity contribution < 1.29 is 5.11 Å². The Kier molecular flexibility index (Phi) is 4.94. The number of aliphatic hydroxyl groups is 1. The molecule has 0 bridgehead atoms. The van der Waals surface area contributed by atoms with Gasteiger partial charge in [-0.15, -0.1) is 0 Å². The van der Waals surface area contributed by atoms with Crippen LogP contribution in [0.4, 0.5) is 11.6 Å². The number of aliphatic hydroxyl groups excluding tert-OH is 1. The van der Waals surface area contributed by atoms with Crippen LogP contribution in [0, 0.1) is 5.41 Å². The second kappa shape index (κ2) is 7.21. The molecule has 3 N–H and O–H groups in total. The van der Waals surface area contributed by atoms with E-state index >= 15 is 0 Å². The SMILES string of the molecule is Nc1nccc(Sc2cnc(N3CCC4(CCC(O)C4)CC3)cn2)c1Cl. The van der Waals surface area contributed by atoms with E-state index in [-0.39, 0.29) is 6.10 Å². The first kappa shape index (κ1) is 17.8. The fraction of sp³-hybridized carbons (Fsp3) is 0.500. The predicted molar refractivity (Wildman–Crippen MR) is 104 cm³/mol. The van der Waals surface area contributed by atoms with Crippen LogP contribution in [-0.4, -0.2) is 39.3 Å². The highest BCUT2D eigenvalue weighted by Crippen LogP contribution is 2.46. The molecule has 8 heteroatoms. The summed E-state index contributed by atoms with van der Waals surface area (Å²) in [5.74, 6) is 1.23. The van der Waals surface area contributed by atoms with Gasteiger partial charge in [0.05, 0.1) is 23.5 Å². The van der Waals surface area contributed by atoms with Gasteiger partial charge in [0, 0.05) is 24.2 Å². The maximum atomic E-state index is 9.86. The molecule has 1 aliphatic heterocycles. The Labute approximate surface area is 162 Å². The molecule has 26 heavy (non-hydrogen) atoms. The van der Waals surface area contributed by atoms with Gasteiger partial charge in [-0.05, 0) is 43.6 Å². The number of nitrogens with two attached hydrogens (primary N) is 1. The van der Waals surface area contributed by atoms with E-state index in [0.717, 1.165) is 60.9 Å². The zero-order chi connectivity index (χ0) is 18.1. The monoisotopic (exact) mass is 391 g/mol. The molecule has 2 fully saturated rings. The van der Waals surface area contributed by atoms with Gasteiger partial charge in [0.15, 0.2) is 0 Å². The lowest BCUT2D eigenvalue weighted by Gasteiger charge is -2.39. The lowest BCUT2D eigenvalue weighted by Crippen LogP contribution is -2.39. The van der Waals surface area contributed by atoms with E-state index in [1.54, 1.807) is 12.4 Å². The highest BCUT2D eigenvalue weighted by atomic mass is 35.5. The lowest BCUT2D eigenvalue weighted by molar-refractivity contribution is 0.144. The summed E-state index contributed by atoms with van der Waals surface area (Å²) >= 11 is 7.61. The molecule has 1 unspecified atom stereocenters. The van der Waals surface area contributed by atoms with Crippen LogP contribution in [0.5, 0.6) is 0 Å². The number of nitrogens with zero attached hydrogens (tertiary/aromatic N) is 4. The molecule has 1 spiro atoms. The molecular formula is C18H22ClN5OS. The summed E-state index contributed by atoms with van der Waals surface area (Å²) in [5.41, 5.74) is 6.08. The highest BCUT2D eigenvalue weighted by molar-refractivity contribution is 7.99. The van der Waals surface area contributed by atoms with Gasteiger partial charge < -0.3 is 15.7 Å². The van der Waals surface area contributed by atoms with Gasteiger partial charge >= 0.3 is 0 Å². The van der Waals surface area contributed by atoms with Gasteiger partial charge in [0.1, 0.15) is 16.7 Å². The summed E-state index contributed by atoms with van der Waals surface area (Å²) in [5, 5.41) is 11.1. The summed E-state index contributed by atoms with van der Waals surface area (Å²) in [6.07, 6.45) is 10.4. The number of hydrogen-bond donors (Lipinski definition) is 2. The van der Waals surface area contributed by atoms with E-state index in [1.165, 1.54) is 11.8 Å². The normalized spacial score (nSPS) is 22.1. The third-order valence-corrected chi connectivity index (χ3v) is 7.02. The number of hydrogen-bond acceptors (Lipinski definition) is 7. The van der Waals surface area contributed by atoms with Crippen LogP contribution in [0.25, 0.3) is 0 Å². The number of rotatable bonds is 3. The van der Waals surface area contributed by atoms with Gasteiger partial charge in [0.25, 0.3) is 0 Å². The van der Waals surface area contributed by atoms with Crippen LogP contribution in [0.15, 0.2) is 34.6 Å². The Bertz CT molecular complexity index is 780. The number of pyridine rings is 1. The summed E-state index contributed by atoms with van der Waals surface area (Å²) in [6, 6.07) is 1.82. The molecule has 2 aromatic heterocycles. The smallest absolute Gasteiger partial charge is 0.147 e. The first-order valence-electron chi connectivity index (χ1n) is 8.88. The summed E-state index contributed by atoms with van der Waals surface area (Å²) < 4.78 is 0. The Morgan fingerprint density at radius 1 is 1.19 bits per heavy atom. The summed E-state index contributed by atoms with van der Waals surface area (Å²) in [4.78, 5) is 16.2. The van der Waals surface area contributed by atoms with E-state index in [9.17, 15) is 5.11 Å². The van der Waals surface area contributed by atoms with E-state index in [1.807, 2.05) is 12.3 Å². The Hall–Kier alpha value is -1.57. The van der Waals surface area contributed by atoms with Crippen LogP contribution in [0.1, 0.15) is 32.1 Å². The minimum atomic E-state index is -0.105. The third kappa shape index (κ3) is 3.61. The molecular weight excluding hydrogens is 370 g/mol. The van der Waals surface area contributed by atoms with Crippen LogP contribution in [0.2, 0.25) is 5.02 Å². The molecule has 1 atom stereocenters. The van der Waals surface area contributed by atoms with Gasteiger partial charge in [-0.2, -0.15) is 0 Å². The second-order valence-corrected chi connectivity index (χ2v) is 8.65. The molecule has 1 aliphatic carbocycles. The third-order valence-electron chi connectivity index (χ3n) is 5.53. The minimum Gasteiger partial charge on any atom is -0.393 e. The van der Waals surface area contributed by atoms with Crippen molar-refractivity contribution in [1.82, 2.24) is 15.0 Å². The van der Waals surface area contributed by atoms with Crippen LogP contribution in [-0.2, 0) is 0 Å². The summed E-state index contributed by atoms with van der Waals surface area (Å²) in [7, 11) is 0. The van der Waals surface area contributed by atoms with Crippen molar-refractivity contribution in [3.05, 3.63) is 29.7 Å². The zero-order valence-electron chi connectivity index (χ0n) is 14.4. The van der Waals surface area contributed by atoms with Crippen LogP contribution < -0.4 is 10.6 Å². The Balaban J connectivity index is 1.40. The molecule has 6 nitrogen and oxygen atoms in total. The van der Waals surface area contributed by atoms with Gasteiger partial charge in [-0.3, -0.25) is 0 Å². The van der Waals surface area contributed by atoms with E-state index in [2.05, 4.69) is 19.9 Å². The first-order chi connectivity index (χ1) is 12.5. The lowest BCUT2D eigenvalue weighted by atomic mass is 9.77. The minimum absolute atomic E-state index is 0.105. The first-order valence-corrected chi connectivity index (χ1v) is 10.1. The predicted octanol–water partition coefficient (Wildman–Crippen LogP) is 3.39. The van der Waals surface area contributed by atoms with Gasteiger partial charge in [-0.25, -0.2) is 15.0 Å². The molecule has 138 valence electrons. The molecule has 0 amide bonds. The standard InChI is InChI=1S/C18H22ClN5OS/c19-16-13(2-6-21-17(16)20)26-15-11-22-14(10-23-15)24-7-4-18(5-8-24)3-1-12(25)9-18/h2,6,10-12,25H,1,3-5,7-9H2,(H2,20,21). The molecule has 3 heterocycles. The highest BCUT2D eigenvalue weighted by Gasteiger charge is 2.40. The van der Waals surface area contributed by atoms with Gasteiger partial charge in [0.2, 0.25) is 0 Å².